The highest BCUT2D eigenvalue weighted by molar-refractivity contribution is 6.02. The molecule has 0 aliphatic heterocycles. The number of esters is 1. The van der Waals surface area contributed by atoms with Crippen LogP contribution in [0, 0.1) is 0 Å². The molecule has 0 saturated carbocycles. The number of carbonyl (C=O) groups excluding carboxylic acids is 2. The average molecular weight is 609 g/mol. The van der Waals surface area contributed by atoms with Crippen molar-refractivity contribution in [3.63, 3.8) is 0 Å². The molecule has 0 atom stereocenters. The zero-order chi connectivity index (χ0) is 31.7. The third-order valence-corrected chi connectivity index (χ3v) is 7.40. The van der Waals surface area contributed by atoms with Gasteiger partial charge in [-0.15, -0.1) is 0 Å². The van der Waals surface area contributed by atoms with Crippen molar-refractivity contribution in [2.75, 3.05) is 6.61 Å². The van der Waals surface area contributed by atoms with Crippen LogP contribution in [0.25, 0.3) is 0 Å². The molecule has 4 rings (SSSR count). The monoisotopic (exact) mass is 608 g/mol. The predicted octanol–water partition coefficient (Wildman–Crippen LogP) is 9.07. The second-order valence-corrected chi connectivity index (χ2v) is 11.0. The first-order valence-corrected chi connectivity index (χ1v) is 16.0. The molecule has 4 aromatic carbocycles. The zero-order valence-corrected chi connectivity index (χ0v) is 26.5. The Kier molecular flexibility index (Phi) is 13.5. The third-order valence-electron chi connectivity index (χ3n) is 7.40. The van der Waals surface area contributed by atoms with E-state index in [0.717, 1.165) is 48.8 Å². The summed E-state index contributed by atoms with van der Waals surface area (Å²) >= 11 is 0. The first-order valence-electron chi connectivity index (χ1n) is 16.0. The van der Waals surface area contributed by atoms with Crippen LogP contribution in [0.2, 0.25) is 0 Å². The molecule has 0 aromatic heterocycles. The molecule has 236 valence electrons. The number of ether oxygens (including phenoxy) is 4. The van der Waals surface area contributed by atoms with Crippen LogP contribution in [-0.2, 0) is 35.8 Å². The van der Waals surface area contributed by atoms with E-state index < -0.39 is 5.97 Å². The highest BCUT2D eigenvalue weighted by Gasteiger charge is 2.28. The Morgan fingerprint density at radius 1 is 0.600 bits per heavy atom. The van der Waals surface area contributed by atoms with Gasteiger partial charge in [-0.2, -0.15) is 0 Å². The van der Waals surface area contributed by atoms with Gasteiger partial charge in [0, 0.05) is 6.42 Å². The fourth-order valence-corrected chi connectivity index (χ4v) is 5.07. The van der Waals surface area contributed by atoms with Crippen molar-refractivity contribution < 1.29 is 28.5 Å². The Morgan fingerprint density at radius 2 is 1.11 bits per heavy atom. The van der Waals surface area contributed by atoms with Crippen LogP contribution in [0.1, 0.15) is 85.0 Å². The summed E-state index contributed by atoms with van der Waals surface area (Å²) in [6, 6.07) is 31.1. The van der Waals surface area contributed by atoms with Crippen molar-refractivity contribution in [2.45, 2.75) is 78.6 Å². The summed E-state index contributed by atoms with van der Waals surface area (Å²) in [5.74, 6) is 0.519. The van der Waals surface area contributed by atoms with Crippen molar-refractivity contribution in [3.05, 3.63) is 125 Å². The van der Waals surface area contributed by atoms with Crippen molar-refractivity contribution in [3.8, 4) is 17.2 Å². The summed E-state index contributed by atoms with van der Waals surface area (Å²) in [4.78, 5) is 26.9. The summed E-state index contributed by atoms with van der Waals surface area (Å²) in [6.45, 7) is 4.90. The summed E-state index contributed by atoms with van der Waals surface area (Å²) in [7, 11) is 0. The lowest BCUT2D eigenvalue weighted by atomic mass is 9.95. The van der Waals surface area contributed by atoms with Gasteiger partial charge in [0.05, 0.1) is 18.6 Å². The standard InChI is InChI=1S/C39H44O6/c1-3-5-6-7-17-24-34(40)37-33(26-36(41)42-4-2)25-35(43-27-30-18-11-8-12-19-30)38(44-28-31-20-13-9-14-21-31)39(37)45-29-32-22-15-10-16-23-32/h8-16,18-23,25H,3-7,17,24,26-29H2,1-2H3. The molecular formula is C39H44O6. The largest absolute Gasteiger partial charge is 0.485 e. The van der Waals surface area contributed by atoms with Crippen LogP contribution in [0.3, 0.4) is 0 Å². The molecule has 0 aliphatic carbocycles. The van der Waals surface area contributed by atoms with Crippen molar-refractivity contribution in [1.29, 1.82) is 0 Å². The van der Waals surface area contributed by atoms with Crippen molar-refractivity contribution in [1.82, 2.24) is 0 Å². The molecule has 4 aromatic rings. The van der Waals surface area contributed by atoms with Gasteiger partial charge in [0.25, 0.3) is 0 Å². The predicted molar refractivity (Wildman–Crippen MR) is 177 cm³/mol. The molecule has 0 heterocycles. The molecule has 6 heteroatoms. The average Bonchev–Trinajstić information content (AvgIpc) is 3.07. The van der Waals surface area contributed by atoms with E-state index in [-0.39, 0.29) is 38.6 Å². The number of unbranched alkanes of at least 4 members (excludes halogenated alkanes) is 4. The van der Waals surface area contributed by atoms with Crippen molar-refractivity contribution >= 4 is 11.8 Å². The van der Waals surface area contributed by atoms with E-state index in [1.807, 2.05) is 91.0 Å². The fourth-order valence-electron chi connectivity index (χ4n) is 5.07. The molecular weight excluding hydrogens is 564 g/mol. The van der Waals surface area contributed by atoms with Gasteiger partial charge in [-0.25, -0.2) is 0 Å². The van der Waals surface area contributed by atoms with E-state index >= 15 is 0 Å². The third kappa shape index (κ3) is 10.5. The van der Waals surface area contributed by atoms with Crippen LogP contribution in [0.5, 0.6) is 17.2 Å². The van der Waals surface area contributed by atoms with Gasteiger partial charge in [-0.3, -0.25) is 9.59 Å². The molecule has 0 saturated heterocycles. The van der Waals surface area contributed by atoms with E-state index in [0.29, 0.717) is 34.8 Å². The number of ketones is 1. The van der Waals surface area contributed by atoms with E-state index in [1.165, 1.54) is 0 Å². The molecule has 0 spiro atoms. The van der Waals surface area contributed by atoms with Gasteiger partial charge in [-0.1, -0.05) is 124 Å². The number of benzene rings is 4. The molecule has 45 heavy (non-hydrogen) atoms. The fraction of sp³-hybridized carbons (Fsp3) is 0.333. The summed E-state index contributed by atoms with van der Waals surface area (Å²) < 4.78 is 24.7. The molecule has 6 nitrogen and oxygen atoms in total. The number of carbonyl (C=O) groups is 2. The van der Waals surface area contributed by atoms with E-state index in [4.69, 9.17) is 18.9 Å². The van der Waals surface area contributed by atoms with Crippen LogP contribution in [-0.4, -0.2) is 18.4 Å². The Balaban J connectivity index is 1.80. The number of hydrogen-bond acceptors (Lipinski definition) is 6. The number of hydrogen-bond donors (Lipinski definition) is 0. The second kappa shape index (κ2) is 18.3. The normalized spacial score (nSPS) is 10.7. The Morgan fingerprint density at radius 3 is 1.64 bits per heavy atom. The van der Waals surface area contributed by atoms with E-state index in [2.05, 4.69) is 6.92 Å². The zero-order valence-electron chi connectivity index (χ0n) is 26.5. The maximum Gasteiger partial charge on any atom is 0.310 e. The first-order chi connectivity index (χ1) is 22.1. The van der Waals surface area contributed by atoms with Gasteiger partial charge in [-0.05, 0) is 41.7 Å². The summed E-state index contributed by atoms with van der Waals surface area (Å²) in [6.07, 6.45) is 5.30. The molecule has 0 unspecified atom stereocenters. The highest BCUT2D eigenvalue weighted by Crippen LogP contribution is 2.45. The van der Waals surface area contributed by atoms with Crippen LogP contribution in [0.4, 0.5) is 0 Å². The number of rotatable bonds is 19. The highest BCUT2D eigenvalue weighted by atomic mass is 16.5. The van der Waals surface area contributed by atoms with Gasteiger partial charge in [0.2, 0.25) is 5.75 Å². The van der Waals surface area contributed by atoms with E-state index in [9.17, 15) is 9.59 Å². The smallest absolute Gasteiger partial charge is 0.310 e. The van der Waals surface area contributed by atoms with Crippen LogP contribution in [0.15, 0.2) is 97.1 Å². The van der Waals surface area contributed by atoms with E-state index in [1.54, 1.807) is 13.0 Å². The van der Waals surface area contributed by atoms with Crippen molar-refractivity contribution in [2.24, 2.45) is 0 Å². The van der Waals surface area contributed by atoms with Crippen LogP contribution >= 0.6 is 0 Å². The topological polar surface area (TPSA) is 71.1 Å². The SMILES string of the molecule is CCCCCCCC(=O)c1c(CC(=O)OCC)cc(OCc2ccccc2)c(OCc2ccccc2)c1OCc1ccccc1. The summed E-state index contributed by atoms with van der Waals surface area (Å²) in [5, 5.41) is 0. The van der Waals surface area contributed by atoms with Gasteiger partial charge in [0.15, 0.2) is 17.3 Å². The molecule has 0 bridgehead atoms. The molecule has 0 amide bonds. The Hall–Kier alpha value is -4.58. The maximum atomic E-state index is 14.1. The maximum absolute atomic E-state index is 14.1. The van der Waals surface area contributed by atoms with Gasteiger partial charge in [0.1, 0.15) is 19.8 Å². The minimum Gasteiger partial charge on any atom is -0.485 e. The lowest BCUT2D eigenvalue weighted by Crippen LogP contribution is -2.15. The number of Topliss-reactive ketones (excluding diaryl/α,β-unsaturated/α-hetero) is 1. The second-order valence-electron chi connectivity index (χ2n) is 11.0. The van der Waals surface area contributed by atoms with Gasteiger partial charge < -0.3 is 18.9 Å². The van der Waals surface area contributed by atoms with Crippen LogP contribution < -0.4 is 14.2 Å². The molecule has 0 aliphatic rings. The quantitative estimate of drug-likeness (QED) is 0.0601. The minimum absolute atomic E-state index is 0.0898. The lowest BCUT2D eigenvalue weighted by Gasteiger charge is -2.22. The molecule has 0 N–H and O–H groups in total. The lowest BCUT2D eigenvalue weighted by molar-refractivity contribution is -0.142. The van der Waals surface area contributed by atoms with Gasteiger partial charge >= 0.3 is 5.97 Å². The Bertz CT molecular complexity index is 1470. The summed E-state index contributed by atoms with van der Waals surface area (Å²) in [5.41, 5.74) is 3.72. The molecule has 0 radical (unpaired) electrons. The molecule has 0 fully saturated rings. The first kappa shape index (κ1) is 33.3. The minimum atomic E-state index is -0.421. The Labute approximate surface area is 267 Å².